The molecule has 3 aromatic carbocycles. The average Bonchev–Trinajstić information content (AvgIpc) is 3.31. The first-order chi connectivity index (χ1) is 16.7. The second-order valence-corrected chi connectivity index (χ2v) is 8.87. The van der Waals surface area contributed by atoms with Crippen LogP contribution in [-0.4, -0.2) is 16.6 Å². The van der Waals surface area contributed by atoms with Crippen LogP contribution in [0.5, 0.6) is 11.5 Å². The Kier molecular flexibility index (Phi) is 6.60. The second-order valence-electron chi connectivity index (χ2n) is 7.57. The zero-order chi connectivity index (χ0) is 23.3. The second kappa shape index (κ2) is 10.1. The largest absolute Gasteiger partial charge is 0.494 e. The summed E-state index contributed by atoms with van der Waals surface area (Å²) in [6.07, 6.45) is 1.59. The van der Waals surface area contributed by atoms with Gasteiger partial charge >= 0.3 is 0 Å². The smallest absolute Gasteiger partial charge is 0.143 e. The maximum atomic E-state index is 5.94. The Hall–Kier alpha value is -3.61. The summed E-state index contributed by atoms with van der Waals surface area (Å²) in [6.45, 7) is 3.11. The molecule has 7 heteroatoms. The lowest BCUT2D eigenvalue weighted by atomic mass is 10.1. The molecule has 5 nitrogen and oxygen atoms in total. The van der Waals surface area contributed by atoms with Gasteiger partial charge in [-0.25, -0.2) is 9.97 Å². The summed E-state index contributed by atoms with van der Waals surface area (Å²) in [5.74, 6) is 2.42. The number of ether oxygens (including phenoxy) is 2. The maximum Gasteiger partial charge on any atom is 0.143 e. The number of fused-ring (bicyclic) bond motifs is 1. The van der Waals surface area contributed by atoms with E-state index in [1.54, 1.807) is 17.7 Å². The van der Waals surface area contributed by atoms with Crippen LogP contribution in [0.25, 0.3) is 21.3 Å². The molecule has 0 unspecified atom stereocenters. The van der Waals surface area contributed by atoms with Gasteiger partial charge in [0.25, 0.3) is 0 Å². The Morgan fingerprint density at radius 1 is 0.853 bits per heavy atom. The van der Waals surface area contributed by atoms with E-state index in [0.717, 1.165) is 49.9 Å². The van der Waals surface area contributed by atoms with Gasteiger partial charge in [0.05, 0.1) is 12.0 Å². The molecule has 0 atom stereocenters. The van der Waals surface area contributed by atoms with Gasteiger partial charge in [0.15, 0.2) is 0 Å². The van der Waals surface area contributed by atoms with Crippen LogP contribution < -0.4 is 14.8 Å². The Labute approximate surface area is 207 Å². The number of rotatable bonds is 8. The predicted molar refractivity (Wildman–Crippen MR) is 140 cm³/mol. The molecule has 1 N–H and O–H groups in total. The van der Waals surface area contributed by atoms with Gasteiger partial charge < -0.3 is 14.8 Å². The van der Waals surface area contributed by atoms with Crippen molar-refractivity contribution >= 4 is 44.7 Å². The highest BCUT2D eigenvalue weighted by molar-refractivity contribution is 7.17. The normalized spacial score (nSPS) is 10.9. The minimum atomic E-state index is 0.483. The van der Waals surface area contributed by atoms with Crippen molar-refractivity contribution in [1.82, 2.24) is 9.97 Å². The summed E-state index contributed by atoms with van der Waals surface area (Å²) in [6, 6.07) is 23.6. The van der Waals surface area contributed by atoms with Crippen LogP contribution >= 0.6 is 22.9 Å². The van der Waals surface area contributed by atoms with Crippen molar-refractivity contribution in [2.45, 2.75) is 13.5 Å². The summed E-state index contributed by atoms with van der Waals surface area (Å²) in [4.78, 5) is 9.93. The highest BCUT2D eigenvalue weighted by Crippen LogP contribution is 2.38. The van der Waals surface area contributed by atoms with Gasteiger partial charge in [-0.2, -0.15) is 0 Å². The molecule has 0 saturated carbocycles. The number of thiophene rings is 1. The zero-order valence-electron chi connectivity index (χ0n) is 18.5. The third-order valence-electron chi connectivity index (χ3n) is 5.28. The first-order valence-electron chi connectivity index (χ1n) is 10.9. The number of hydrogen-bond donors (Lipinski definition) is 1. The van der Waals surface area contributed by atoms with Crippen LogP contribution in [0.4, 0.5) is 11.5 Å². The molecule has 5 rings (SSSR count). The molecule has 0 amide bonds. The van der Waals surface area contributed by atoms with E-state index in [9.17, 15) is 0 Å². The van der Waals surface area contributed by atoms with Crippen molar-refractivity contribution in [3.63, 3.8) is 0 Å². The first kappa shape index (κ1) is 22.2. The average molecular weight is 488 g/mol. The van der Waals surface area contributed by atoms with Crippen molar-refractivity contribution in [1.29, 1.82) is 0 Å². The maximum absolute atomic E-state index is 5.94. The molecule has 0 aliphatic heterocycles. The van der Waals surface area contributed by atoms with E-state index in [4.69, 9.17) is 21.1 Å². The van der Waals surface area contributed by atoms with Crippen LogP contribution in [-0.2, 0) is 6.61 Å². The fraction of sp³-hybridized carbons (Fsp3) is 0.111. The van der Waals surface area contributed by atoms with E-state index in [1.165, 1.54) is 0 Å². The van der Waals surface area contributed by atoms with Gasteiger partial charge in [-0.15, -0.1) is 11.3 Å². The number of nitrogens with one attached hydrogen (secondary N) is 1. The molecule has 0 bridgehead atoms. The van der Waals surface area contributed by atoms with E-state index in [2.05, 4.69) is 32.8 Å². The molecule has 0 radical (unpaired) electrons. The quantitative estimate of drug-likeness (QED) is 0.242. The zero-order valence-corrected chi connectivity index (χ0v) is 20.1. The number of anilines is 2. The molecule has 2 aromatic heterocycles. The topological polar surface area (TPSA) is 56.3 Å². The van der Waals surface area contributed by atoms with E-state index in [1.807, 2.05) is 67.6 Å². The Morgan fingerprint density at radius 3 is 2.29 bits per heavy atom. The fourth-order valence-electron chi connectivity index (χ4n) is 3.60. The molecular formula is C27H22ClN3O2S. The third kappa shape index (κ3) is 4.98. The number of hydrogen-bond acceptors (Lipinski definition) is 6. The van der Waals surface area contributed by atoms with Crippen molar-refractivity contribution in [2.75, 3.05) is 11.9 Å². The summed E-state index contributed by atoms with van der Waals surface area (Å²) in [5, 5.41) is 7.28. The summed E-state index contributed by atoms with van der Waals surface area (Å²) < 4.78 is 11.5. The van der Waals surface area contributed by atoms with Gasteiger partial charge in [0.2, 0.25) is 0 Å². The lowest BCUT2D eigenvalue weighted by molar-refractivity contribution is 0.306. The number of halogens is 1. The summed E-state index contributed by atoms with van der Waals surface area (Å²) in [5.41, 5.74) is 4.17. The minimum Gasteiger partial charge on any atom is -0.494 e. The van der Waals surface area contributed by atoms with Crippen LogP contribution in [0.1, 0.15) is 12.5 Å². The van der Waals surface area contributed by atoms with Crippen LogP contribution in [0, 0.1) is 0 Å². The Morgan fingerprint density at radius 2 is 1.56 bits per heavy atom. The monoisotopic (exact) mass is 487 g/mol. The van der Waals surface area contributed by atoms with Crippen LogP contribution in [0.3, 0.4) is 0 Å². The molecule has 0 spiro atoms. The molecule has 0 aliphatic rings. The number of nitrogens with zero attached hydrogens (tertiary/aromatic N) is 2. The highest BCUT2D eigenvalue weighted by Gasteiger charge is 2.13. The summed E-state index contributed by atoms with van der Waals surface area (Å²) in [7, 11) is 0. The molecule has 34 heavy (non-hydrogen) atoms. The number of aromatic nitrogens is 2. The van der Waals surface area contributed by atoms with Crippen LogP contribution in [0.15, 0.2) is 84.5 Å². The van der Waals surface area contributed by atoms with E-state index in [-0.39, 0.29) is 0 Å². The van der Waals surface area contributed by atoms with Gasteiger partial charge in [0, 0.05) is 21.7 Å². The molecule has 5 aromatic rings. The van der Waals surface area contributed by atoms with Crippen molar-refractivity contribution in [3.8, 4) is 22.6 Å². The lowest BCUT2D eigenvalue weighted by Gasteiger charge is -2.11. The van der Waals surface area contributed by atoms with E-state index in [0.29, 0.717) is 18.2 Å². The molecule has 0 saturated heterocycles. The van der Waals surface area contributed by atoms with Crippen molar-refractivity contribution in [2.24, 2.45) is 0 Å². The van der Waals surface area contributed by atoms with Crippen molar-refractivity contribution < 1.29 is 9.47 Å². The first-order valence-corrected chi connectivity index (χ1v) is 12.1. The van der Waals surface area contributed by atoms with E-state index >= 15 is 0 Å². The van der Waals surface area contributed by atoms with Crippen LogP contribution in [0.2, 0.25) is 5.02 Å². The lowest BCUT2D eigenvalue weighted by Crippen LogP contribution is -1.97. The molecule has 2 heterocycles. The third-order valence-corrected chi connectivity index (χ3v) is 6.42. The van der Waals surface area contributed by atoms with E-state index < -0.39 is 0 Å². The standard InChI is InChI=1S/C27H22ClN3O2S/c1-2-32-22-11-5-19(6-12-22)24-16-34-27-25(24)26(29-17-30-27)31-21-9-13-23(14-10-21)33-15-18-3-7-20(28)8-4-18/h3-14,16-17H,2,15H2,1H3,(H,29,30,31). The fourth-order valence-corrected chi connectivity index (χ4v) is 4.64. The molecular weight excluding hydrogens is 466 g/mol. The minimum absolute atomic E-state index is 0.483. The van der Waals surface area contributed by atoms with Gasteiger partial charge in [-0.1, -0.05) is 35.9 Å². The molecule has 170 valence electrons. The van der Waals surface area contributed by atoms with Crippen molar-refractivity contribution in [3.05, 3.63) is 95.1 Å². The molecule has 0 aliphatic carbocycles. The van der Waals surface area contributed by atoms with Gasteiger partial charge in [-0.05, 0) is 66.6 Å². The SMILES string of the molecule is CCOc1ccc(-c2csc3ncnc(Nc4ccc(OCc5ccc(Cl)cc5)cc4)c23)cc1. The Bertz CT molecular complexity index is 1380. The molecule has 0 fully saturated rings. The Balaban J connectivity index is 1.34. The highest BCUT2D eigenvalue weighted by atomic mass is 35.5. The predicted octanol–water partition coefficient (Wildman–Crippen LogP) is 7.73. The van der Waals surface area contributed by atoms with Gasteiger partial charge in [-0.3, -0.25) is 0 Å². The van der Waals surface area contributed by atoms with Gasteiger partial charge in [0.1, 0.15) is 35.1 Å². The number of benzene rings is 3. The summed E-state index contributed by atoms with van der Waals surface area (Å²) >= 11 is 7.55.